The normalized spacial score (nSPS) is 16.0. The summed E-state index contributed by atoms with van der Waals surface area (Å²) in [6.45, 7) is 1.34. The van der Waals surface area contributed by atoms with Crippen LogP contribution < -0.4 is 0 Å². The van der Waals surface area contributed by atoms with E-state index in [-0.39, 0.29) is 5.75 Å². The lowest BCUT2D eigenvalue weighted by atomic mass is 10.2. The first-order valence-electron chi connectivity index (χ1n) is 3.29. The van der Waals surface area contributed by atoms with Gasteiger partial charge in [-0.25, -0.2) is 8.78 Å². The van der Waals surface area contributed by atoms with Crippen LogP contribution in [0.25, 0.3) is 0 Å². The van der Waals surface area contributed by atoms with Crippen LogP contribution in [0.3, 0.4) is 0 Å². The molecule has 0 aromatic heterocycles. The third kappa shape index (κ3) is 5.17. The van der Waals surface area contributed by atoms with Crippen molar-refractivity contribution >= 4 is 16.8 Å². The Balaban J connectivity index is 3.77. The van der Waals surface area contributed by atoms with E-state index in [9.17, 15) is 17.8 Å². The van der Waals surface area contributed by atoms with E-state index in [0.717, 1.165) is 0 Å². The molecule has 0 heterocycles. The average molecular weight is 200 g/mol. The number of halogens is 2. The summed E-state index contributed by atoms with van der Waals surface area (Å²) in [6, 6.07) is 0. The first-order chi connectivity index (χ1) is 5.43. The van der Waals surface area contributed by atoms with E-state index in [1.165, 1.54) is 6.92 Å². The SMILES string of the molecule is CC(CS(=O)CC(F)F)C(=O)O. The highest BCUT2D eigenvalue weighted by Crippen LogP contribution is 2.02. The lowest BCUT2D eigenvalue weighted by molar-refractivity contribution is -0.140. The zero-order valence-electron chi connectivity index (χ0n) is 6.50. The molecule has 0 aliphatic heterocycles. The van der Waals surface area contributed by atoms with Gasteiger partial charge in [0.05, 0.1) is 11.7 Å². The molecular weight excluding hydrogens is 190 g/mol. The van der Waals surface area contributed by atoms with Gasteiger partial charge in [-0.2, -0.15) is 0 Å². The number of carboxylic acids is 1. The number of hydrogen-bond donors (Lipinski definition) is 1. The Morgan fingerprint density at radius 2 is 2.00 bits per heavy atom. The molecule has 12 heavy (non-hydrogen) atoms. The predicted molar refractivity (Wildman–Crippen MR) is 40.7 cm³/mol. The van der Waals surface area contributed by atoms with E-state index < -0.39 is 34.9 Å². The Labute approximate surface area is 71.2 Å². The smallest absolute Gasteiger partial charge is 0.307 e. The van der Waals surface area contributed by atoms with E-state index in [2.05, 4.69) is 0 Å². The molecule has 0 rings (SSSR count). The summed E-state index contributed by atoms with van der Waals surface area (Å²) in [5, 5.41) is 8.34. The van der Waals surface area contributed by atoms with Crippen LogP contribution in [0.1, 0.15) is 6.92 Å². The second-order valence-corrected chi connectivity index (χ2v) is 3.95. The minimum absolute atomic E-state index is 0.209. The van der Waals surface area contributed by atoms with Crippen LogP contribution in [0.2, 0.25) is 0 Å². The number of rotatable bonds is 5. The largest absolute Gasteiger partial charge is 0.481 e. The van der Waals surface area contributed by atoms with Gasteiger partial charge in [-0.3, -0.25) is 9.00 Å². The van der Waals surface area contributed by atoms with Gasteiger partial charge in [0, 0.05) is 16.6 Å². The summed E-state index contributed by atoms with van der Waals surface area (Å²) < 4.78 is 33.9. The zero-order chi connectivity index (χ0) is 9.72. The Bertz CT molecular complexity index is 184. The van der Waals surface area contributed by atoms with Crippen LogP contribution in [0.4, 0.5) is 8.78 Å². The van der Waals surface area contributed by atoms with E-state index in [1.807, 2.05) is 0 Å². The van der Waals surface area contributed by atoms with E-state index in [0.29, 0.717) is 0 Å². The summed E-state index contributed by atoms with van der Waals surface area (Å²) in [5.41, 5.74) is 0. The molecule has 3 nitrogen and oxygen atoms in total. The number of carboxylic acid groups (broad SMARTS) is 1. The molecule has 0 aromatic carbocycles. The average Bonchev–Trinajstić information content (AvgIpc) is 1.84. The van der Waals surface area contributed by atoms with Crippen molar-refractivity contribution in [2.45, 2.75) is 13.3 Å². The molecule has 72 valence electrons. The van der Waals surface area contributed by atoms with Crippen molar-refractivity contribution in [3.05, 3.63) is 0 Å². The lowest BCUT2D eigenvalue weighted by Gasteiger charge is -2.04. The van der Waals surface area contributed by atoms with Crippen LogP contribution in [-0.2, 0) is 15.6 Å². The summed E-state index contributed by atoms with van der Waals surface area (Å²) in [4.78, 5) is 10.2. The van der Waals surface area contributed by atoms with Crippen LogP contribution in [0.5, 0.6) is 0 Å². The lowest BCUT2D eigenvalue weighted by Crippen LogP contribution is -2.20. The maximum atomic E-state index is 11.6. The molecule has 0 bridgehead atoms. The van der Waals surface area contributed by atoms with Crippen LogP contribution >= 0.6 is 0 Å². The Hall–Kier alpha value is -0.520. The molecule has 0 fully saturated rings. The van der Waals surface area contributed by atoms with Gasteiger partial charge in [-0.1, -0.05) is 6.92 Å². The van der Waals surface area contributed by atoms with Gasteiger partial charge in [0.2, 0.25) is 6.43 Å². The minimum Gasteiger partial charge on any atom is -0.481 e. The molecular formula is C6H10F2O3S. The molecule has 0 radical (unpaired) electrons. The van der Waals surface area contributed by atoms with Crippen LogP contribution in [0, 0.1) is 5.92 Å². The number of hydrogen-bond acceptors (Lipinski definition) is 2. The monoisotopic (exact) mass is 200 g/mol. The second-order valence-electron chi connectivity index (χ2n) is 2.40. The third-order valence-corrected chi connectivity index (χ3v) is 2.66. The highest BCUT2D eigenvalue weighted by molar-refractivity contribution is 7.85. The van der Waals surface area contributed by atoms with Gasteiger partial charge in [0.15, 0.2) is 0 Å². The van der Waals surface area contributed by atoms with Gasteiger partial charge < -0.3 is 5.11 Å². The maximum absolute atomic E-state index is 11.6. The molecule has 0 spiro atoms. The van der Waals surface area contributed by atoms with Gasteiger partial charge >= 0.3 is 5.97 Å². The predicted octanol–water partition coefficient (Wildman–Crippen LogP) is 0.721. The summed E-state index contributed by atoms with van der Waals surface area (Å²) in [5.74, 6) is -2.89. The summed E-state index contributed by atoms with van der Waals surface area (Å²) in [6.07, 6.45) is -2.63. The Morgan fingerprint density at radius 3 is 2.33 bits per heavy atom. The number of alkyl halides is 2. The van der Waals surface area contributed by atoms with Crippen molar-refractivity contribution in [2.24, 2.45) is 5.92 Å². The first-order valence-corrected chi connectivity index (χ1v) is 4.78. The highest BCUT2D eigenvalue weighted by atomic mass is 32.2. The van der Waals surface area contributed by atoms with E-state index >= 15 is 0 Å². The molecule has 0 saturated carbocycles. The fourth-order valence-electron chi connectivity index (χ4n) is 0.559. The van der Waals surface area contributed by atoms with Crippen LogP contribution in [0.15, 0.2) is 0 Å². The van der Waals surface area contributed by atoms with Crippen molar-refractivity contribution in [1.29, 1.82) is 0 Å². The number of carbonyl (C=O) groups is 1. The maximum Gasteiger partial charge on any atom is 0.307 e. The Kier molecular flexibility index (Phi) is 4.96. The summed E-state index contributed by atoms with van der Waals surface area (Å²) >= 11 is 0. The molecule has 0 aromatic rings. The zero-order valence-corrected chi connectivity index (χ0v) is 7.31. The van der Waals surface area contributed by atoms with Gasteiger partial charge in [-0.15, -0.1) is 0 Å². The topological polar surface area (TPSA) is 54.4 Å². The molecule has 0 aliphatic carbocycles. The first kappa shape index (κ1) is 11.5. The Morgan fingerprint density at radius 1 is 1.50 bits per heavy atom. The highest BCUT2D eigenvalue weighted by Gasteiger charge is 2.17. The molecule has 0 aliphatic rings. The van der Waals surface area contributed by atoms with Crippen molar-refractivity contribution in [1.82, 2.24) is 0 Å². The number of aliphatic carboxylic acids is 1. The summed E-state index contributed by atoms with van der Waals surface area (Å²) in [7, 11) is -1.73. The fraction of sp³-hybridized carbons (Fsp3) is 0.833. The van der Waals surface area contributed by atoms with Gasteiger partial charge in [-0.05, 0) is 0 Å². The molecule has 0 amide bonds. The molecule has 2 unspecified atom stereocenters. The molecule has 2 atom stereocenters. The quantitative estimate of drug-likeness (QED) is 0.711. The standard InChI is InChI=1S/C6H10F2O3S/c1-4(6(9)10)2-12(11)3-5(7)8/h4-5H,2-3H2,1H3,(H,9,10). The minimum atomic E-state index is -2.63. The second kappa shape index (κ2) is 5.18. The van der Waals surface area contributed by atoms with Crippen molar-refractivity contribution in [2.75, 3.05) is 11.5 Å². The molecule has 6 heteroatoms. The third-order valence-electron chi connectivity index (χ3n) is 1.17. The van der Waals surface area contributed by atoms with Crippen molar-refractivity contribution in [3.8, 4) is 0 Å². The van der Waals surface area contributed by atoms with Crippen LogP contribution in [-0.4, -0.2) is 33.2 Å². The van der Waals surface area contributed by atoms with E-state index in [4.69, 9.17) is 5.11 Å². The van der Waals surface area contributed by atoms with Crippen molar-refractivity contribution < 1.29 is 22.9 Å². The van der Waals surface area contributed by atoms with E-state index in [1.54, 1.807) is 0 Å². The van der Waals surface area contributed by atoms with Gasteiger partial charge in [0.25, 0.3) is 0 Å². The molecule has 1 N–H and O–H groups in total. The van der Waals surface area contributed by atoms with Gasteiger partial charge in [0.1, 0.15) is 0 Å². The van der Waals surface area contributed by atoms with Crippen molar-refractivity contribution in [3.63, 3.8) is 0 Å². The molecule has 0 saturated heterocycles. The fourth-order valence-corrected chi connectivity index (χ4v) is 1.68.